The SMILES string of the molecule is Cc1cc2c(cc1C(=O)N(C)C=O)C(=O)N(C)C2=O. The van der Waals surface area contributed by atoms with Crippen molar-refractivity contribution in [2.24, 2.45) is 0 Å². The van der Waals surface area contributed by atoms with Crippen molar-refractivity contribution in [2.75, 3.05) is 14.1 Å². The molecule has 6 nitrogen and oxygen atoms in total. The molecule has 0 aliphatic carbocycles. The normalized spacial score (nSPS) is 13.5. The van der Waals surface area contributed by atoms with Crippen molar-refractivity contribution in [1.82, 2.24) is 9.80 Å². The average molecular weight is 260 g/mol. The van der Waals surface area contributed by atoms with Crippen LogP contribution < -0.4 is 0 Å². The van der Waals surface area contributed by atoms with Crippen LogP contribution in [0.25, 0.3) is 0 Å². The van der Waals surface area contributed by atoms with Crippen LogP contribution in [0.5, 0.6) is 0 Å². The molecule has 0 fully saturated rings. The Morgan fingerprint density at radius 1 is 1.21 bits per heavy atom. The minimum atomic E-state index is -0.509. The van der Waals surface area contributed by atoms with Crippen molar-refractivity contribution >= 4 is 24.1 Å². The molecule has 6 heteroatoms. The van der Waals surface area contributed by atoms with Crippen LogP contribution in [0.3, 0.4) is 0 Å². The molecule has 1 aromatic rings. The maximum atomic E-state index is 12.0. The zero-order chi connectivity index (χ0) is 14.3. The van der Waals surface area contributed by atoms with Crippen LogP contribution >= 0.6 is 0 Å². The lowest BCUT2D eigenvalue weighted by Gasteiger charge is -2.11. The third-order valence-corrected chi connectivity index (χ3v) is 3.14. The fourth-order valence-corrected chi connectivity index (χ4v) is 1.98. The summed E-state index contributed by atoms with van der Waals surface area (Å²) in [6.07, 6.45) is 0.397. The second-order valence-corrected chi connectivity index (χ2v) is 4.40. The van der Waals surface area contributed by atoms with E-state index in [1.165, 1.54) is 26.2 Å². The fraction of sp³-hybridized carbons (Fsp3) is 0.231. The molecule has 0 N–H and O–H groups in total. The maximum absolute atomic E-state index is 12.0. The first-order valence-corrected chi connectivity index (χ1v) is 5.58. The van der Waals surface area contributed by atoms with Crippen molar-refractivity contribution in [2.45, 2.75) is 6.92 Å². The van der Waals surface area contributed by atoms with Gasteiger partial charge in [-0.05, 0) is 24.6 Å². The van der Waals surface area contributed by atoms with E-state index in [4.69, 9.17) is 0 Å². The van der Waals surface area contributed by atoms with Gasteiger partial charge in [0.1, 0.15) is 0 Å². The summed E-state index contributed by atoms with van der Waals surface area (Å²) in [5.74, 6) is -1.33. The molecule has 0 saturated carbocycles. The number of nitrogens with zero attached hydrogens (tertiary/aromatic N) is 2. The van der Waals surface area contributed by atoms with Crippen molar-refractivity contribution < 1.29 is 19.2 Å². The number of amides is 4. The van der Waals surface area contributed by atoms with E-state index < -0.39 is 11.8 Å². The highest BCUT2D eigenvalue weighted by Crippen LogP contribution is 2.25. The Morgan fingerprint density at radius 2 is 1.74 bits per heavy atom. The smallest absolute Gasteiger partial charge is 0.261 e. The highest BCUT2D eigenvalue weighted by atomic mass is 16.2. The first-order chi connectivity index (χ1) is 8.88. The molecule has 1 aliphatic rings. The van der Waals surface area contributed by atoms with Gasteiger partial charge < -0.3 is 0 Å². The number of benzene rings is 1. The van der Waals surface area contributed by atoms with Gasteiger partial charge in [-0.3, -0.25) is 29.0 Å². The van der Waals surface area contributed by atoms with Crippen molar-refractivity contribution in [3.05, 3.63) is 34.4 Å². The predicted molar refractivity (Wildman–Crippen MR) is 65.8 cm³/mol. The molecule has 19 heavy (non-hydrogen) atoms. The zero-order valence-electron chi connectivity index (χ0n) is 10.8. The van der Waals surface area contributed by atoms with Gasteiger partial charge in [0.25, 0.3) is 17.7 Å². The van der Waals surface area contributed by atoms with Crippen LogP contribution in [0.15, 0.2) is 12.1 Å². The lowest BCUT2D eigenvalue weighted by Crippen LogP contribution is -2.26. The second kappa shape index (κ2) is 4.31. The monoisotopic (exact) mass is 260 g/mol. The molecule has 1 aromatic carbocycles. The summed E-state index contributed by atoms with van der Waals surface area (Å²) in [5.41, 5.74) is 1.27. The van der Waals surface area contributed by atoms with E-state index >= 15 is 0 Å². The van der Waals surface area contributed by atoms with Crippen LogP contribution in [0.2, 0.25) is 0 Å². The number of carbonyl (C=O) groups excluding carboxylic acids is 4. The molecule has 0 aromatic heterocycles. The summed E-state index contributed by atoms with van der Waals surface area (Å²) in [6, 6.07) is 2.88. The molecule has 0 bridgehead atoms. The molecule has 0 radical (unpaired) electrons. The Labute approximate surface area is 109 Å². The van der Waals surface area contributed by atoms with E-state index in [0.29, 0.717) is 12.0 Å². The summed E-state index contributed by atoms with van der Waals surface area (Å²) in [7, 11) is 2.72. The number of fused-ring (bicyclic) bond motifs is 1. The van der Waals surface area contributed by atoms with Gasteiger partial charge in [-0.15, -0.1) is 0 Å². The second-order valence-electron chi connectivity index (χ2n) is 4.40. The van der Waals surface area contributed by atoms with E-state index in [1.54, 1.807) is 6.92 Å². The third-order valence-electron chi connectivity index (χ3n) is 3.14. The van der Waals surface area contributed by atoms with Crippen LogP contribution in [0.1, 0.15) is 36.6 Å². The minimum absolute atomic E-state index is 0.195. The average Bonchev–Trinajstić information content (AvgIpc) is 2.61. The largest absolute Gasteiger partial charge is 0.284 e. The first-order valence-electron chi connectivity index (χ1n) is 5.58. The molecule has 0 saturated heterocycles. The molecule has 1 aliphatic heterocycles. The Balaban J connectivity index is 2.58. The van der Waals surface area contributed by atoms with Gasteiger partial charge in [-0.1, -0.05) is 0 Å². The number of rotatable bonds is 2. The Morgan fingerprint density at radius 3 is 2.26 bits per heavy atom. The maximum Gasteiger partial charge on any atom is 0.261 e. The highest BCUT2D eigenvalue weighted by molar-refractivity contribution is 6.22. The zero-order valence-corrected chi connectivity index (χ0v) is 10.8. The van der Waals surface area contributed by atoms with E-state index in [0.717, 1.165) is 9.80 Å². The summed E-state index contributed by atoms with van der Waals surface area (Å²) < 4.78 is 0. The van der Waals surface area contributed by atoms with E-state index in [2.05, 4.69) is 0 Å². The van der Waals surface area contributed by atoms with Crippen LogP contribution in [-0.4, -0.2) is 48.0 Å². The number of carbonyl (C=O) groups is 4. The Bertz CT molecular complexity index is 621. The summed E-state index contributed by atoms with van der Waals surface area (Å²) >= 11 is 0. The summed E-state index contributed by atoms with van der Waals surface area (Å²) in [6.45, 7) is 1.65. The first kappa shape index (κ1) is 12.9. The summed E-state index contributed by atoms with van der Waals surface area (Å²) in [4.78, 5) is 48.1. The van der Waals surface area contributed by atoms with Gasteiger partial charge >= 0.3 is 0 Å². The lowest BCUT2D eigenvalue weighted by atomic mass is 9.99. The van der Waals surface area contributed by atoms with Crippen molar-refractivity contribution in [3.63, 3.8) is 0 Å². The third kappa shape index (κ3) is 1.81. The number of aryl methyl sites for hydroxylation is 1. The Kier molecular flexibility index (Phi) is 2.94. The molecule has 0 unspecified atom stereocenters. The molecule has 98 valence electrons. The molecule has 0 spiro atoms. The molecule has 0 atom stereocenters. The van der Waals surface area contributed by atoms with Crippen molar-refractivity contribution in [1.29, 1.82) is 0 Å². The van der Waals surface area contributed by atoms with Gasteiger partial charge in [0, 0.05) is 19.7 Å². The fourth-order valence-electron chi connectivity index (χ4n) is 1.98. The van der Waals surface area contributed by atoms with E-state index in [9.17, 15) is 19.2 Å². The standard InChI is InChI=1S/C13H12N2O4/c1-7-4-9-10(13(19)15(3)12(9)18)5-8(7)11(17)14(2)6-16/h4-6H,1-3H3. The van der Waals surface area contributed by atoms with Gasteiger partial charge in [0.15, 0.2) is 0 Å². The molecular weight excluding hydrogens is 248 g/mol. The minimum Gasteiger partial charge on any atom is -0.284 e. The quantitative estimate of drug-likeness (QED) is 0.571. The molecule has 4 amide bonds. The van der Waals surface area contributed by atoms with Crippen molar-refractivity contribution in [3.8, 4) is 0 Å². The van der Waals surface area contributed by atoms with Gasteiger partial charge in [0.05, 0.1) is 11.1 Å². The lowest BCUT2D eigenvalue weighted by molar-refractivity contribution is -0.115. The van der Waals surface area contributed by atoms with Gasteiger partial charge in [-0.25, -0.2) is 0 Å². The van der Waals surface area contributed by atoms with Crippen LogP contribution in [0.4, 0.5) is 0 Å². The van der Waals surface area contributed by atoms with Gasteiger partial charge in [-0.2, -0.15) is 0 Å². The number of imide groups is 2. The predicted octanol–water partition coefficient (Wildman–Crippen LogP) is 0.449. The molecular formula is C13H12N2O4. The number of hydrogen-bond acceptors (Lipinski definition) is 4. The highest BCUT2D eigenvalue weighted by Gasteiger charge is 2.34. The van der Waals surface area contributed by atoms with E-state index in [1.807, 2.05) is 0 Å². The Hall–Kier alpha value is -2.50. The van der Waals surface area contributed by atoms with E-state index in [-0.39, 0.29) is 22.6 Å². The molecule has 2 rings (SSSR count). The summed E-state index contributed by atoms with van der Waals surface area (Å²) in [5, 5.41) is 0. The molecule has 1 heterocycles. The topological polar surface area (TPSA) is 74.8 Å². The number of hydrogen-bond donors (Lipinski definition) is 0. The van der Waals surface area contributed by atoms with Gasteiger partial charge in [0.2, 0.25) is 6.41 Å². The van der Waals surface area contributed by atoms with Crippen LogP contribution in [-0.2, 0) is 4.79 Å². The van der Waals surface area contributed by atoms with Crippen LogP contribution in [0, 0.1) is 6.92 Å².